The van der Waals surface area contributed by atoms with Crippen molar-refractivity contribution in [2.24, 2.45) is 0 Å². The first-order valence-corrected chi connectivity index (χ1v) is 7.08. The summed E-state index contributed by atoms with van der Waals surface area (Å²) < 4.78 is 0.557. The first kappa shape index (κ1) is 14.6. The Morgan fingerprint density at radius 3 is 2.45 bits per heavy atom. The standard InChI is InChI=1S/C14H12ClNO3S/c15-12-6-5-11(20-12)14(19)16-8-10-4-2-1-3-9(10)7-13(17)18/h1-6H,7-8H2,(H,16,19)(H,17,18). The summed E-state index contributed by atoms with van der Waals surface area (Å²) in [5, 5.41) is 11.6. The van der Waals surface area contributed by atoms with Crippen molar-refractivity contribution < 1.29 is 14.7 Å². The van der Waals surface area contributed by atoms with Crippen LogP contribution in [0.25, 0.3) is 0 Å². The highest BCUT2D eigenvalue weighted by Gasteiger charge is 2.10. The Bertz CT molecular complexity index is 639. The first-order chi connectivity index (χ1) is 9.56. The van der Waals surface area contributed by atoms with Gasteiger partial charge in [-0.3, -0.25) is 9.59 Å². The van der Waals surface area contributed by atoms with E-state index in [4.69, 9.17) is 16.7 Å². The molecular weight excluding hydrogens is 298 g/mol. The Balaban J connectivity index is 2.03. The lowest BCUT2D eigenvalue weighted by molar-refractivity contribution is -0.136. The van der Waals surface area contributed by atoms with E-state index < -0.39 is 5.97 Å². The Morgan fingerprint density at radius 2 is 1.85 bits per heavy atom. The summed E-state index contributed by atoms with van der Waals surface area (Å²) in [5.74, 6) is -1.11. The average molecular weight is 310 g/mol. The summed E-state index contributed by atoms with van der Waals surface area (Å²) in [4.78, 5) is 23.2. The third kappa shape index (κ3) is 3.82. The van der Waals surface area contributed by atoms with E-state index in [2.05, 4.69) is 5.32 Å². The highest BCUT2D eigenvalue weighted by Crippen LogP contribution is 2.21. The van der Waals surface area contributed by atoms with Crippen molar-refractivity contribution in [1.29, 1.82) is 0 Å². The summed E-state index contributed by atoms with van der Waals surface area (Å²) in [5.41, 5.74) is 1.50. The Kier molecular flexibility index (Phi) is 4.76. The van der Waals surface area contributed by atoms with Gasteiger partial charge in [-0.05, 0) is 23.3 Å². The van der Waals surface area contributed by atoms with Gasteiger partial charge in [0.25, 0.3) is 5.91 Å². The molecule has 1 aromatic carbocycles. The van der Waals surface area contributed by atoms with Gasteiger partial charge in [0.1, 0.15) is 0 Å². The Labute approximate surface area is 125 Å². The van der Waals surface area contributed by atoms with E-state index in [9.17, 15) is 9.59 Å². The zero-order valence-corrected chi connectivity index (χ0v) is 12.0. The minimum absolute atomic E-state index is 0.0587. The molecule has 0 saturated carbocycles. The SMILES string of the molecule is O=C(O)Cc1ccccc1CNC(=O)c1ccc(Cl)s1. The van der Waals surface area contributed by atoms with Crippen LogP contribution >= 0.6 is 22.9 Å². The topological polar surface area (TPSA) is 66.4 Å². The molecule has 6 heteroatoms. The van der Waals surface area contributed by atoms with Crippen molar-refractivity contribution in [2.75, 3.05) is 0 Å². The van der Waals surface area contributed by atoms with Gasteiger partial charge in [-0.2, -0.15) is 0 Å². The smallest absolute Gasteiger partial charge is 0.307 e. The number of carbonyl (C=O) groups is 2. The number of amides is 1. The number of carbonyl (C=O) groups excluding carboxylic acids is 1. The fourth-order valence-corrected chi connectivity index (χ4v) is 2.72. The zero-order valence-electron chi connectivity index (χ0n) is 10.4. The zero-order chi connectivity index (χ0) is 14.5. The molecular formula is C14H12ClNO3S. The molecule has 0 atom stereocenters. The van der Waals surface area contributed by atoms with Crippen LogP contribution in [0.2, 0.25) is 4.34 Å². The average Bonchev–Trinajstić information content (AvgIpc) is 2.83. The minimum atomic E-state index is -0.895. The third-order valence-corrected chi connectivity index (χ3v) is 3.93. The van der Waals surface area contributed by atoms with E-state index in [1.165, 1.54) is 11.3 Å². The largest absolute Gasteiger partial charge is 0.481 e. The van der Waals surface area contributed by atoms with E-state index in [0.29, 0.717) is 14.8 Å². The number of halogens is 1. The molecule has 104 valence electrons. The van der Waals surface area contributed by atoms with Gasteiger partial charge >= 0.3 is 5.97 Å². The maximum Gasteiger partial charge on any atom is 0.307 e. The van der Waals surface area contributed by atoms with Crippen LogP contribution in [-0.2, 0) is 17.8 Å². The lowest BCUT2D eigenvalue weighted by Crippen LogP contribution is -2.22. The number of benzene rings is 1. The van der Waals surface area contributed by atoms with Gasteiger partial charge in [-0.25, -0.2) is 0 Å². The number of nitrogens with one attached hydrogen (secondary N) is 1. The molecule has 0 unspecified atom stereocenters. The molecule has 2 aromatic rings. The van der Waals surface area contributed by atoms with Crippen LogP contribution < -0.4 is 5.32 Å². The van der Waals surface area contributed by atoms with Gasteiger partial charge in [0, 0.05) is 6.54 Å². The maximum atomic E-state index is 11.9. The van der Waals surface area contributed by atoms with Gasteiger partial charge in [0.15, 0.2) is 0 Å². The molecule has 0 spiro atoms. The van der Waals surface area contributed by atoms with E-state index in [1.807, 2.05) is 6.07 Å². The van der Waals surface area contributed by atoms with Gasteiger partial charge < -0.3 is 10.4 Å². The molecule has 0 aliphatic rings. The van der Waals surface area contributed by atoms with Crippen LogP contribution in [0.4, 0.5) is 0 Å². The second-order valence-electron chi connectivity index (χ2n) is 4.13. The van der Waals surface area contributed by atoms with Crippen molar-refractivity contribution in [3.63, 3.8) is 0 Å². The molecule has 1 amide bonds. The Morgan fingerprint density at radius 1 is 1.15 bits per heavy atom. The molecule has 0 aliphatic heterocycles. The first-order valence-electron chi connectivity index (χ1n) is 5.88. The second-order valence-corrected chi connectivity index (χ2v) is 5.84. The van der Waals surface area contributed by atoms with Crippen LogP contribution in [0.5, 0.6) is 0 Å². The van der Waals surface area contributed by atoms with Crippen molar-refractivity contribution in [3.8, 4) is 0 Å². The quantitative estimate of drug-likeness (QED) is 0.892. The number of carboxylic acid groups (broad SMARTS) is 1. The number of rotatable bonds is 5. The highest BCUT2D eigenvalue weighted by molar-refractivity contribution is 7.17. The van der Waals surface area contributed by atoms with Crippen LogP contribution in [0.1, 0.15) is 20.8 Å². The minimum Gasteiger partial charge on any atom is -0.481 e. The molecule has 20 heavy (non-hydrogen) atoms. The molecule has 2 N–H and O–H groups in total. The van der Waals surface area contributed by atoms with E-state index in [1.54, 1.807) is 30.3 Å². The number of aliphatic carboxylic acids is 1. The predicted octanol–water partition coefficient (Wildman–Crippen LogP) is 2.96. The monoisotopic (exact) mass is 309 g/mol. The molecule has 2 rings (SSSR count). The molecule has 0 saturated heterocycles. The summed E-state index contributed by atoms with van der Waals surface area (Å²) in [6, 6.07) is 10.5. The van der Waals surface area contributed by atoms with Crippen molar-refractivity contribution >= 4 is 34.8 Å². The van der Waals surface area contributed by atoms with Gasteiger partial charge in [0.2, 0.25) is 0 Å². The van der Waals surface area contributed by atoms with Crippen LogP contribution in [0.3, 0.4) is 0 Å². The van der Waals surface area contributed by atoms with E-state index in [0.717, 1.165) is 5.56 Å². The van der Waals surface area contributed by atoms with Crippen LogP contribution in [0, 0.1) is 0 Å². The molecule has 1 heterocycles. The highest BCUT2D eigenvalue weighted by atomic mass is 35.5. The van der Waals surface area contributed by atoms with Gasteiger partial charge in [-0.15, -0.1) is 11.3 Å². The fraction of sp³-hybridized carbons (Fsp3) is 0.143. The number of carboxylic acids is 1. The van der Waals surface area contributed by atoms with Crippen LogP contribution in [0.15, 0.2) is 36.4 Å². The fourth-order valence-electron chi connectivity index (χ4n) is 1.76. The van der Waals surface area contributed by atoms with Crippen molar-refractivity contribution in [1.82, 2.24) is 5.32 Å². The Hall–Kier alpha value is -1.85. The van der Waals surface area contributed by atoms with E-state index in [-0.39, 0.29) is 18.9 Å². The molecule has 0 fully saturated rings. The second kappa shape index (κ2) is 6.54. The third-order valence-electron chi connectivity index (χ3n) is 2.70. The molecule has 4 nitrogen and oxygen atoms in total. The summed E-state index contributed by atoms with van der Waals surface area (Å²) in [7, 11) is 0. The summed E-state index contributed by atoms with van der Waals surface area (Å²) >= 11 is 6.98. The summed E-state index contributed by atoms with van der Waals surface area (Å²) in [6.07, 6.45) is -0.0587. The lowest BCUT2D eigenvalue weighted by atomic mass is 10.0. The molecule has 0 bridgehead atoms. The normalized spacial score (nSPS) is 10.2. The van der Waals surface area contributed by atoms with E-state index >= 15 is 0 Å². The molecule has 0 aliphatic carbocycles. The van der Waals surface area contributed by atoms with Crippen molar-refractivity contribution in [2.45, 2.75) is 13.0 Å². The predicted molar refractivity (Wildman–Crippen MR) is 78.3 cm³/mol. The molecule has 0 radical (unpaired) electrons. The van der Waals surface area contributed by atoms with Gasteiger partial charge in [0.05, 0.1) is 15.6 Å². The number of hydrogen-bond acceptors (Lipinski definition) is 3. The van der Waals surface area contributed by atoms with Crippen molar-refractivity contribution in [3.05, 3.63) is 56.7 Å². The number of thiophene rings is 1. The molecule has 1 aromatic heterocycles. The maximum absolute atomic E-state index is 11.9. The lowest BCUT2D eigenvalue weighted by Gasteiger charge is -2.08. The van der Waals surface area contributed by atoms with Crippen LogP contribution in [-0.4, -0.2) is 17.0 Å². The van der Waals surface area contributed by atoms with Gasteiger partial charge in [-0.1, -0.05) is 35.9 Å². The summed E-state index contributed by atoms with van der Waals surface area (Å²) in [6.45, 7) is 0.289. The number of hydrogen-bond donors (Lipinski definition) is 2.